The van der Waals surface area contributed by atoms with E-state index in [9.17, 15) is 0 Å². The lowest BCUT2D eigenvalue weighted by Gasteiger charge is -2.22. The number of pyridine rings is 1. The normalized spacial score (nSPS) is 15.9. The van der Waals surface area contributed by atoms with Crippen LogP contribution >= 0.6 is 0 Å². The highest BCUT2D eigenvalue weighted by Crippen LogP contribution is 2.50. The monoisotopic (exact) mass is 384 g/mol. The number of furan rings is 1. The third-order valence-corrected chi connectivity index (χ3v) is 6.96. The van der Waals surface area contributed by atoms with Gasteiger partial charge in [0, 0.05) is 11.3 Å². The summed E-state index contributed by atoms with van der Waals surface area (Å²) in [5.41, 5.74) is 7.12. The van der Waals surface area contributed by atoms with E-state index >= 15 is 0 Å². The van der Waals surface area contributed by atoms with E-state index in [1.165, 1.54) is 58.7 Å². The largest absolute Gasteiger partial charge is 0.456 e. The topological polar surface area (TPSA) is 26.2 Å². The van der Waals surface area contributed by atoms with Crippen LogP contribution in [-0.2, 0) is 7.05 Å². The maximum absolute atomic E-state index is 6.58. The summed E-state index contributed by atoms with van der Waals surface area (Å²) in [4.78, 5) is 0. The Labute approximate surface area is 170 Å². The summed E-state index contributed by atoms with van der Waals surface area (Å²) in [7, 11) is 2.12. The molecule has 1 fully saturated rings. The lowest BCUT2D eigenvalue weighted by Crippen LogP contribution is -2.32. The van der Waals surface area contributed by atoms with Crippen LogP contribution < -0.4 is 9.30 Å². The Balaban J connectivity index is 1.71. The van der Waals surface area contributed by atoms with Gasteiger partial charge in [-0.25, -0.2) is 0 Å². The highest BCUT2D eigenvalue weighted by Gasteiger charge is 2.34. The number of hydrogen-bond donors (Lipinski definition) is 0. The molecule has 2 aliphatic rings. The van der Waals surface area contributed by atoms with Crippen LogP contribution in [0.4, 0.5) is 0 Å². The first kappa shape index (κ1) is 17.1. The molecule has 29 heavy (non-hydrogen) atoms. The van der Waals surface area contributed by atoms with Crippen LogP contribution in [-0.4, -0.2) is 0 Å². The van der Waals surface area contributed by atoms with Gasteiger partial charge in [-0.2, -0.15) is 4.57 Å². The number of fused-ring (bicyclic) bond motifs is 4. The molecule has 3 nitrogen and oxygen atoms in total. The van der Waals surface area contributed by atoms with Crippen LogP contribution in [0.15, 0.2) is 34.9 Å². The average molecular weight is 384 g/mol. The second-order valence-corrected chi connectivity index (χ2v) is 8.99. The van der Waals surface area contributed by atoms with E-state index in [2.05, 4.69) is 62.8 Å². The Morgan fingerprint density at radius 2 is 1.76 bits per heavy atom. The number of ether oxygens (including phenoxy) is 1. The van der Waals surface area contributed by atoms with Crippen LogP contribution in [0.2, 0.25) is 0 Å². The fourth-order valence-electron chi connectivity index (χ4n) is 5.41. The molecular weight excluding hydrogens is 358 g/mol. The van der Waals surface area contributed by atoms with Gasteiger partial charge < -0.3 is 9.15 Å². The smallest absolute Gasteiger partial charge is 0.260 e. The van der Waals surface area contributed by atoms with Crippen molar-refractivity contribution in [3.05, 3.63) is 52.9 Å². The molecule has 1 saturated carbocycles. The van der Waals surface area contributed by atoms with E-state index in [1.807, 2.05) is 0 Å². The van der Waals surface area contributed by atoms with Gasteiger partial charge >= 0.3 is 0 Å². The standard InChI is InChI=1S/C26H26NO2/c1-14-9-18-11-15(2)16(3)22-23(18)21(10-14)29-26-24(22)27(4)13-19-12-20(28-25(19)26)17-7-5-6-8-17/h9-13,17H,5-8H2,1-4H3/q+1. The molecular formula is C26H26NO2+. The van der Waals surface area contributed by atoms with Gasteiger partial charge in [-0.15, -0.1) is 0 Å². The van der Waals surface area contributed by atoms with Crippen molar-refractivity contribution in [1.29, 1.82) is 0 Å². The van der Waals surface area contributed by atoms with Crippen molar-refractivity contribution in [2.24, 2.45) is 7.05 Å². The summed E-state index contributed by atoms with van der Waals surface area (Å²) in [5.74, 6) is 3.48. The zero-order chi connectivity index (χ0) is 19.9. The van der Waals surface area contributed by atoms with E-state index in [1.54, 1.807) is 0 Å². The van der Waals surface area contributed by atoms with Crippen molar-refractivity contribution in [1.82, 2.24) is 0 Å². The minimum absolute atomic E-state index is 0.550. The fraction of sp³-hybridized carbons (Fsp3) is 0.346. The van der Waals surface area contributed by atoms with Crippen LogP contribution in [0.5, 0.6) is 11.5 Å². The van der Waals surface area contributed by atoms with Crippen LogP contribution in [0.1, 0.15) is 54.1 Å². The first-order valence-corrected chi connectivity index (χ1v) is 10.7. The zero-order valence-corrected chi connectivity index (χ0v) is 17.6. The van der Waals surface area contributed by atoms with E-state index in [0.29, 0.717) is 5.92 Å². The number of aryl methyl sites for hydroxylation is 3. The Kier molecular flexibility index (Phi) is 3.45. The number of aromatic nitrogens is 1. The first-order valence-electron chi connectivity index (χ1n) is 10.7. The number of benzene rings is 2. The van der Waals surface area contributed by atoms with E-state index < -0.39 is 0 Å². The molecule has 4 aromatic rings. The molecule has 0 unspecified atom stereocenters. The molecule has 0 saturated heterocycles. The molecule has 0 atom stereocenters. The Hall–Kier alpha value is -2.81. The summed E-state index contributed by atoms with van der Waals surface area (Å²) in [5, 5.41) is 3.59. The lowest BCUT2D eigenvalue weighted by atomic mass is 9.90. The summed E-state index contributed by atoms with van der Waals surface area (Å²) in [6.45, 7) is 6.56. The summed E-state index contributed by atoms with van der Waals surface area (Å²) in [6.07, 6.45) is 7.27. The van der Waals surface area contributed by atoms with E-state index in [4.69, 9.17) is 9.15 Å². The molecule has 2 aromatic carbocycles. The van der Waals surface area contributed by atoms with Gasteiger partial charge in [0.2, 0.25) is 5.75 Å². The first-order chi connectivity index (χ1) is 14.0. The zero-order valence-electron chi connectivity index (χ0n) is 17.6. The third-order valence-electron chi connectivity index (χ3n) is 6.96. The SMILES string of the molecule is Cc1cc2c3c(c(C)c(C)cc3c1)-c1c(c3oc(C4CCCC4)cc3c[n+]1C)O2. The summed E-state index contributed by atoms with van der Waals surface area (Å²) >= 11 is 0. The predicted molar refractivity (Wildman–Crippen MR) is 116 cm³/mol. The molecule has 1 aliphatic heterocycles. The maximum Gasteiger partial charge on any atom is 0.260 e. The van der Waals surface area contributed by atoms with Crippen molar-refractivity contribution < 1.29 is 13.7 Å². The molecule has 146 valence electrons. The van der Waals surface area contributed by atoms with Gasteiger partial charge in [-0.05, 0) is 67.8 Å². The predicted octanol–water partition coefficient (Wildman–Crippen LogP) is 6.77. The van der Waals surface area contributed by atoms with Crippen LogP contribution in [0.3, 0.4) is 0 Å². The highest BCUT2D eigenvalue weighted by molar-refractivity contribution is 6.07. The van der Waals surface area contributed by atoms with Gasteiger partial charge in [0.1, 0.15) is 18.6 Å². The molecule has 0 spiro atoms. The minimum Gasteiger partial charge on any atom is -0.456 e. The average Bonchev–Trinajstić information content (AvgIpc) is 3.34. The van der Waals surface area contributed by atoms with Gasteiger partial charge in [0.15, 0.2) is 11.8 Å². The molecule has 0 N–H and O–H groups in total. The van der Waals surface area contributed by atoms with Crippen LogP contribution in [0.25, 0.3) is 33.0 Å². The fourth-order valence-corrected chi connectivity index (χ4v) is 5.41. The van der Waals surface area contributed by atoms with Crippen LogP contribution in [0, 0.1) is 20.8 Å². The Morgan fingerprint density at radius 1 is 0.966 bits per heavy atom. The van der Waals surface area contributed by atoms with E-state index in [0.717, 1.165) is 33.9 Å². The highest BCUT2D eigenvalue weighted by atomic mass is 16.5. The van der Waals surface area contributed by atoms with Crippen molar-refractivity contribution >= 4 is 21.7 Å². The molecule has 1 aliphatic carbocycles. The van der Waals surface area contributed by atoms with Crippen molar-refractivity contribution in [3.8, 4) is 22.8 Å². The number of rotatable bonds is 1. The molecule has 2 aromatic heterocycles. The summed E-state index contributed by atoms with van der Waals surface area (Å²) in [6, 6.07) is 8.93. The van der Waals surface area contributed by atoms with Gasteiger partial charge in [-0.1, -0.05) is 25.0 Å². The minimum atomic E-state index is 0.550. The number of nitrogens with zero attached hydrogens (tertiary/aromatic N) is 1. The lowest BCUT2D eigenvalue weighted by molar-refractivity contribution is -0.659. The molecule has 0 bridgehead atoms. The molecule has 6 rings (SSSR count). The second-order valence-electron chi connectivity index (χ2n) is 8.99. The Morgan fingerprint density at radius 3 is 2.55 bits per heavy atom. The van der Waals surface area contributed by atoms with Gasteiger partial charge in [0.05, 0.1) is 10.9 Å². The van der Waals surface area contributed by atoms with E-state index in [-0.39, 0.29) is 0 Å². The number of hydrogen-bond acceptors (Lipinski definition) is 2. The van der Waals surface area contributed by atoms with Crippen molar-refractivity contribution in [3.63, 3.8) is 0 Å². The van der Waals surface area contributed by atoms with Gasteiger partial charge in [-0.3, -0.25) is 0 Å². The molecule has 0 radical (unpaired) electrons. The molecule has 3 heterocycles. The molecule has 0 amide bonds. The third kappa shape index (κ3) is 2.33. The second kappa shape index (κ2) is 5.85. The van der Waals surface area contributed by atoms with Crippen molar-refractivity contribution in [2.45, 2.75) is 52.4 Å². The quantitative estimate of drug-likeness (QED) is 0.298. The summed E-state index contributed by atoms with van der Waals surface area (Å²) < 4.78 is 15.3. The maximum atomic E-state index is 6.58. The molecule has 3 heteroatoms. The van der Waals surface area contributed by atoms with Crippen molar-refractivity contribution in [2.75, 3.05) is 0 Å². The van der Waals surface area contributed by atoms with Gasteiger partial charge in [0.25, 0.3) is 5.69 Å². The Bertz CT molecular complexity index is 1320.